The highest BCUT2D eigenvalue weighted by Gasteiger charge is 2.33. The fraction of sp³-hybridized carbons (Fsp3) is 0.382. The maximum absolute atomic E-state index is 15.5. The van der Waals surface area contributed by atoms with Crippen LogP contribution in [-0.4, -0.2) is 61.8 Å². The number of aryl methyl sites for hydroxylation is 1. The number of piperazine rings is 1. The van der Waals surface area contributed by atoms with Crippen LogP contribution in [0.1, 0.15) is 58.7 Å². The number of aromatic nitrogens is 4. The SMILES string of the molecule is Cc1ccnc(C(C)C)c1-n1c(=O)nc(N2CCN(C(=O)OC(C)(C)C)C[C@@H]2C)c2cc(Cl)c(-c3c(F)ccc4ccoc34)nc21. The Labute approximate surface area is 270 Å². The average Bonchev–Trinajstić information content (AvgIpc) is 3.45. The van der Waals surface area contributed by atoms with Gasteiger partial charge in [0.25, 0.3) is 0 Å². The topological polar surface area (TPSA) is 107 Å². The number of benzene rings is 1. The number of hydrogen-bond acceptors (Lipinski definition) is 8. The summed E-state index contributed by atoms with van der Waals surface area (Å²) in [7, 11) is 0. The number of carbonyl (C=O) groups excluding carboxylic acids is 1. The molecule has 1 aliphatic rings. The highest BCUT2D eigenvalue weighted by molar-refractivity contribution is 6.34. The number of rotatable bonds is 4. The molecule has 0 spiro atoms. The Morgan fingerprint density at radius 3 is 2.61 bits per heavy atom. The van der Waals surface area contributed by atoms with Crippen molar-refractivity contribution in [3.8, 4) is 16.9 Å². The number of carbonyl (C=O) groups is 1. The van der Waals surface area contributed by atoms with Gasteiger partial charge in [-0.3, -0.25) is 4.98 Å². The van der Waals surface area contributed by atoms with Gasteiger partial charge in [-0.1, -0.05) is 25.4 Å². The second-order valence-electron chi connectivity index (χ2n) is 13.0. The summed E-state index contributed by atoms with van der Waals surface area (Å²) in [4.78, 5) is 44.8. The summed E-state index contributed by atoms with van der Waals surface area (Å²) in [6, 6.07) is 7.96. The number of furan rings is 1. The summed E-state index contributed by atoms with van der Waals surface area (Å²) in [6.45, 7) is 14.4. The lowest BCUT2D eigenvalue weighted by Crippen LogP contribution is -2.55. The number of hydrogen-bond donors (Lipinski definition) is 0. The van der Waals surface area contributed by atoms with E-state index in [0.29, 0.717) is 53.2 Å². The van der Waals surface area contributed by atoms with Crippen LogP contribution >= 0.6 is 11.6 Å². The quantitative estimate of drug-likeness (QED) is 0.201. The molecule has 240 valence electrons. The molecule has 1 fully saturated rings. The first-order chi connectivity index (χ1) is 21.7. The van der Waals surface area contributed by atoms with Gasteiger partial charge in [0.05, 0.1) is 39.3 Å². The number of nitrogens with zero attached hydrogens (tertiary/aromatic N) is 6. The fourth-order valence-electron chi connectivity index (χ4n) is 5.98. The second-order valence-corrected chi connectivity index (χ2v) is 13.4. The molecule has 0 N–H and O–H groups in total. The predicted molar refractivity (Wildman–Crippen MR) is 177 cm³/mol. The third-order valence-electron chi connectivity index (χ3n) is 8.09. The summed E-state index contributed by atoms with van der Waals surface area (Å²) in [5.41, 5.74) is 1.63. The number of fused-ring (bicyclic) bond motifs is 2. The lowest BCUT2D eigenvalue weighted by Gasteiger charge is -2.41. The molecule has 46 heavy (non-hydrogen) atoms. The predicted octanol–water partition coefficient (Wildman–Crippen LogP) is 7.26. The standard InChI is InChI=1S/C34H36ClFN6O4/c1-18(2)26-28(19(3)10-12-37-26)42-31-22(16-23(35)27(38-31)25-24(36)9-8-21-11-15-45-29(21)25)30(39-32(42)43)41-14-13-40(17-20(41)4)33(44)46-34(5,6)7/h8-12,15-16,18,20H,13-14,17H2,1-7H3/t20-/m0/s1. The Balaban J connectivity index is 1.59. The first kappa shape index (κ1) is 31.5. The Morgan fingerprint density at radius 2 is 1.91 bits per heavy atom. The molecule has 4 aromatic heterocycles. The monoisotopic (exact) mass is 646 g/mol. The molecule has 1 saturated heterocycles. The van der Waals surface area contributed by atoms with E-state index in [2.05, 4.69) is 9.97 Å². The Bertz CT molecular complexity index is 2050. The van der Waals surface area contributed by atoms with Gasteiger partial charge < -0.3 is 19.0 Å². The normalized spacial score (nSPS) is 15.7. The number of anilines is 1. The number of amides is 1. The van der Waals surface area contributed by atoms with Gasteiger partial charge in [0.2, 0.25) is 0 Å². The van der Waals surface area contributed by atoms with E-state index in [1.54, 1.807) is 29.3 Å². The van der Waals surface area contributed by atoms with Crippen LogP contribution < -0.4 is 10.6 Å². The molecule has 12 heteroatoms. The Kier molecular flexibility index (Phi) is 8.00. The third-order valence-corrected chi connectivity index (χ3v) is 8.37. The molecule has 10 nitrogen and oxygen atoms in total. The average molecular weight is 647 g/mol. The molecule has 1 amide bonds. The minimum absolute atomic E-state index is 0.0291. The zero-order chi connectivity index (χ0) is 33.1. The van der Waals surface area contributed by atoms with Gasteiger partial charge >= 0.3 is 11.8 Å². The van der Waals surface area contributed by atoms with Crippen LogP contribution in [0, 0.1) is 12.7 Å². The Hall–Kier alpha value is -4.51. The summed E-state index contributed by atoms with van der Waals surface area (Å²) in [5.74, 6) is -0.219. The third kappa shape index (κ3) is 5.57. The highest BCUT2D eigenvalue weighted by atomic mass is 35.5. The zero-order valence-corrected chi connectivity index (χ0v) is 27.6. The van der Waals surface area contributed by atoms with Crippen LogP contribution in [0.5, 0.6) is 0 Å². The molecule has 0 saturated carbocycles. The molecule has 0 aliphatic carbocycles. The van der Waals surface area contributed by atoms with Gasteiger partial charge in [-0.25, -0.2) is 23.5 Å². The first-order valence-corrected chi connectivity index (χ1v) is 15.6. The molecule has 6 rings (SSSR count). The second kappa shape index (κ2) is 11.7. The fourth-order valence-corrected chi connectivity index (χ4v) is 6.23. The van der Waals surface area contributed by atoms with Crippen molar-refractivity contribution in [2.45, 2.75) is 66.0 Å². The molecule has 0 unspecified atom stereocenters. The van der Waals surface area contributed by atoms with Crippen LogP contribution in [-0.2, 0) is 4.74 Å². The van der Waals surface area contributed by atoms with Crippen molar-refractivity contribution in [1.29, 1.82) is 0 Å². The maximum atomic E-state index is 15.5. The van der Waals surface area contributed by atoms with Gasteiger partial charge in [0, 0.05) is 37.3 Å². The summed E-state index contributed by atoms with van der Waals surface area (Å²) < 4.78 is 28.2. The van der Waals surface area contributed by atoms with E-state index in [9.17, 15) is 9.59 Å². The minimum Gasteiger partial charge on any atom is -0.464 e. The number of ether oxygens (including phenoxy) is 1. The Morgan fingerprint density at radius 1 is 1.15 bits per heavy atom. The van der Waals surface area contributed by atoms with Gasteiger partial charge in [-0.15, -0.1) is 0 Å². The summed E-state index contributed by atoms with van der Waals surface area (Å²) >= 11 is 6.92. The van der Waals surface area contributed by atoms with E-state index in [-0.39, 0.29) is 33.9 Å². The van der Waals surface area contributed by atoms with Crippen molar-refractivity contribution in [2.24, 2.45) is 0 Å². The minimum atomic E-state index is -0.626. The lowest BCUT2D eigenvalue weighted by molar-refractivity contribution is 0.0218. The molecule has 5 aromatic rings. The number of pyridine rings is 2. The van der Waals surface area contributed by atoms with Crippen molar-refractivity contribution in [2.75, 3.05) is 24.5 Å². The van der Waals surface area contributed by atoms with Crippen molar-refractivity contribution in [3.05, 3.63) is 75.4 Å². The molecule has 0 radical (unpaired) electrons. The van der Waals surface area contributed by atoms with Crippen molar-refractivity contribution in [3.63, 3.8) is 0 Å². The van der Waals surface area contributed by atoms with Crippen LogP contribution in [0.4, 0.5) is 15.0 Å². The van der Waals surface area contributed by atoms with E-state index < -0.39 is 23.2 Å². The van der Waals surface area contributed by atoms with Gasteiger partial charge in [0.1, 0.15) is 22.8 Å². The van der Waals surface area contributed by atoms with E-state index in [0.717, 1.165) is 5.56 Å². The largest absolute Gasteiger partial charge is 0.464 e. The molecule has 5 heterocycles. The number of halogens is 2. The molecule has 1 aromatic carbocycles. The van der Waals surface area contributed by atoms with Gasteiger partial charge in [-0.05, 0) is 76.4 Å². The highest BCUT2D eigenvalue weighted by Crippen LogP contribution is 2.39. The van der Waals surface area contributed by atoms with Gasteiger partial charge in [0.15, 0.2) is 5.65 Å². The van der Waals surface area contributed by atoms with Crippen molar-refractivity contribution in [1.82, 2.24) is 24.4 Å². The van der Waals surface area contributed by atoms with Crippen LogP contribution in [0.25, 0.3) is 38.9 Å². The molecular weight excluding hydrogens is 611 g/mol. The smallest absolute Gasteiger partial charge is 0.410 e. The molecule has 1 aliphatic heterocycles. The van der Waals surface area contributed by atoms with E-state index in [1.807, 2.05) is 59.4 Å². The van der Waals surface area contributed by atoms with E-state index in [4.69, 9.17) is 25.7 Å². The lowest BCUT2D eigenvalue weighted by atomic mass is 10.0. The molecule has 1 atom stereocenters. The first-order valence-electron chi connectivity index (χ1n) is 15.2. The van der Waals surface area contributed by atoms with E-state index in [1.165, 1.54) is 16.9 Å². The van der Waals surface area contributed by atoms with Crippen LogP contribution in [0.3, 0.4) is 0 Å². The molecule has 0 bridgehead atoms. The maximum Gasteiger partial charge on any atom is 0.410 e. The van der Waals surface area contributed by atoms with Gasteiger partial charge in [-0.2, -0.15) is 4.98 Å². The van der Waals surface area contributed by atoms with Crippen LogP contribution in [0.15, 0.2) is 52.0 Å². The molecular formula is C34H36ClFN6O4. The van der Waals surface area contributed by atoms with Crippen molar-refractivity contribution >= 4 is 45.5 Å². The zero-order valence-electron chi connectivity index (χ0n) is 26.9. The van der Waals surface area contributed by atoms with E-state index >= 15 is 4.39 Å². The van der Waals surface area contributed by atoms with Crippen molar-refractivity contribution < 1.29 is 18.3 Å². The summed E-state index contributed by atoms with van der Waals surface area (Å²) in [5, 5.41) is 1.34. The van der Waals surface area contributed by atoms with Crippen LogP contribution in [0.2, 0.25) is 5.02 Å². The summed E-state index contributed by atoms with van der Waals surface area (Å²) in [6.07, 6.45) is 2.79.